The highest BCUT2D eigenvalue weighted by Crippen LogP contribution is 2.05. The van der Waals surface area contributed by atoms with Crippen LogP contribution in [0.4, 0.5) is 0 Å². The molecule has 2 N–H and O–H groups in total. The highest BCUT2D eigenvalue weighted by molar-refractivity contribution is 4.73. The fraction of sp³-hybridized carbons (Fsp3) is 1.00. The summed E-state index contributed by atoms with van der Waals surface area (Å²) in [6.45, 7) is 5.33. The van der Waals surface area contributed by atoms with Gasteiger partial charge in [-0.05, 0) is 19.4 Å². The van der Waals surface area contributed by atoms with Gasteiger partial charge in [-0.15, -0.1) is 0 Å². The molecule has 1 aliphatic rings. The number of hydrogen-bond acceptors (Lipinski definition) is 4. The van der Waals surface area contributed by atoms with Crippen molar-refractivity contribution < 1.29 is 9.47 Å². The minimum atomic E-state index is 0.665. The first-order valence-corrected chi connectivity index (χ1v) is 5.94. The van der Waals surface area contributed by atoms with Gasteiger partial charge in [-0.1, -0.05) is 6.42 Å². The summed E-state index contributed by atoms with van der Waals surface area (Å²) in [5, 5.41) is 6.91. The van der Waals surface area contributed by atoms with Crippen LogP contribution in [0, 0.1) is 0 Å². The summed E-state index contributed by atoms with van der Waals surface area (Å²) in [5.74, 6) is 0. The molecule has 15 heavy (non-hydrogen) atoms. The average molecular weight is 216 g/mol. The Morgan fingerprint density at radius 2 is 2.20 bits per heavy atom. The second kappa shape index (κ2) is 9.09. The number of rotatable bonds is 8. The molecule has 1 saturated heterocycles. The third-order valence-corrected chi connectivity index (χ3v) is 2.66. The highest BCUT2D eigenvalue weighted by Gasteiger charge is 2.10. The van der Waals surface area contributed by atoms with E-state index in [1.807, 2.05) is 0 Å². The van der Waals surface area contributed by atoms with E-state index < -0.39 is 0 Å². The zero-order chi connectivity index (χ0) is 10.8. The summed E-state index contributed by atoms with van der Waals surface area (Å²) >= 11 is 0. The van der Waals surface area contributed by atoms with Crippen LogP contribution in [0.15, 0.2) is 0 Å². The predicted molar refractivity (Wildman–Crippen MR) is 61.2 cm³/mol. The van der Waals surface area contributed by atoms with Gasteiger partial charge in [0.15, 0.2) is 0 Å². The standard InChI is InChI=1S/C11H24N2O2/c1-14-8-9-15-7-6-12-10-11-4-2-3-5-13-11/h11-13H,2-10H2,1H3. The van der Waals surface area contributed by atoms with Crippen molar-refractivity contribution in [1.82, 2.24) is 10.6 Å². The number of piperidine rings is 1. The van der Waals surface area contributed by atoms with Gasteiger partial charge in [-0.25, -0.2) is 0 Å². The SMILES string of the molecule is COCCOCCNCC1CCCCN1. The first kappa shape index (κ1) is 12.9. The molecule has 0 amide bonds. The molecule has 0 aromatic rings. The molecule has 4 heteroatoms. The number of ether oxygens (including phenoxy) is 2. The Kier molecular flexibility index (Phi) is 7.83. The predicted octanol–water partition coefficient (Wildman–Crippen LogP) is 0.381. The van der Waals surface area contributed by atoms with Crippen LogP contribution in [0.25, 0.3) is 0 Å². The lowest BCUT2D eigenvalue weighted by atomic mass is 10.1. The molecule has 1 fully saturated rings. The molecule has 1 atom stereocenters. The number of nitrogens with one attached hydrogen (secondary N) is 2. The van der Waals surface area contributed by atoms with E-state index in [-0.39, 0.29) is 0 Å². The lowest BCUT2D eigenvalue weighted by Gasteiger charge is -2.23. The highest BCUT2D eigenvalue weighted by atomic mass is 16.5. The maximum atomic E-state index is 5.36. The van der Waals surface area contributed by atoms with Gasteiger partial charge in [0.25, 0.3) is 0 Å². The molecule has 1 unspecified atom stereocenters. The molecule has 0 aromatic carbocycles. The molecule has 0 radical (unpaired) electrons. The zero-order valence-electron chi connectivity index (χ0n) is 9.76. The molecule has 4 nitrogen and oxygen atoms in total. The first-order valence-electron chi connectivity index (χ1n) is 5.94. The fourth-order valence-electron chi connectivity index (χ4n) is 1.76. The van der Waals surface area contributed by atoms with E-state index in [4.69, 9.17) is 9.47 Å². The topological polar surface area (TPSA) is 42.5 Å². The van der Waals surface area contributed by atoms with Crippen molar-refractivity contribution in [1.29, 1.82) is 0 Å². The van der Waals surface area contributed by atoms with Gasteiger partial charge in [0, 0.05) is 26.2 Å². The van der Waals surface area contributed by atoms with Gasteiger partial charge in [-0.3, -0.25) is 0 Å². The summed E-state index contributed by atoms with van der Waals surface area (Å²) in [6.07, 6.45) is 4.00. The van der Waals surface area contributed by atoms with E-state index in [0.717, 1.165) is 19.7 Å². The van der Waals surface area contributed by atoms with Crippen molar-refractivity contribution in [3.8, 4) is 0 Å². The van der Waals surface area contributed by atoms with E-state index >= 15 is 0 Å². The molecule has 1 rings (SSSR count). The van der Waals surface area contributed by atoms with Crippen molar-refractivity contribution >= 4 is 0 Å². The van der Waals surface area contributed by atoms with Crippen molar-refractivity contribution in [3.05, 3.63) is 0 Å². The monoisotopic (exact) mass is 216 g/mol. The third-order valence-electron chi connectivity index (χ3n) is 2.66. The van der Waals surface area contributed by atoms with Crippen molar-refractivity contribution in [2.45, 2.75) is 25.3 Å². The summed E-state index contributed by atoms with van der Waals surface area (Å²) in [7, 11) is 1.69. The maximum Gasteiger partial charge on any atom is 0.0700 e. The van der Waals surface area contributed by atoms with E-state index in [2.05, 4.69) is 10.6 Å². The zero-order valence-corrected chi connectivity index (χ0v) is 9.76. The first-order chi connectivity index (χ1) is 7.43. The Hall–Kier alpha value is -0.160. The Balaban J connectivity index is 1.79. The van der Waals surface area contributed by atoms with Gasteiger partial charge in [0.1, 0.15) is 0 Å². The molecular formula is C11H24N2O2. The van der Waals surface area contributed by atoms with Crippen LogP contribution in [-0.2, 0) is 9.47 Å². The molecule has 0 aromatic heterocycles. The van der Waals surface area contributed by atoms with Crippen molar-refractivity contribution in [3.63, 3.8) is 0 Å². The van der Waals surface area contributed by atoms with E-state index in [9.17, 15) is 0 Å². The van der Waals surface area contributed by atoms with Crippen molar-refractivity contribution in [2.24, 2.45) is 0 Å². The molecule has 1 aliphatic heterocycles. The van der Waals surface area contributed by atoms with Crippen LogP contribution >= 0.6 is 0 Å². The van der Waals surface area contributed by atoms with Gasteiger partial charge in [0.05, 0.1) is 19.8 Å². The minimum absolute atomic E-state index is 0.665. The fourth-order valence-corrected chi connectivity index (χ4v) is 1.76. The lowest BCUT2D eigenvalue weighted by molar-refractivity contribution is 0.0717. The third kappa shape index (κ3) is 6.84. The largest absolute Gasteiger partial charge is 0.382 e. The molecule has 0 spiro atoms. The summed E-state index contributed by atoms with van der Waals surface area (Å²) in [5.41, 5.74) is 0. The lowest BCUT2D eigenvalue weighted by Crippen LogP contribution is -2.42. The van der Waals surface area contributed by atoms with Gasteiger partial charge in [-0.2, -0.15) is 0 Å². The average Bonchev–Trinajstić information content (AvgIpc) is 2.29. The quantitative estimate of drug-likeness (QED) is 0.576. The molecule has 0 aliphatic carbocycles. The Bertz CT molecular complexity index is 139. The summed E-state index contributed by atoms with van der Waals surface area (Å²) in [4.78, 5) is 0. The molecule has 90 valence electrons. The molecule has 0 saturated carbocycles. The molecular weight excluding hydrogens is 192 g/mol. The number of methoxy groups -OCH3 is 1. The van der Waals surface area contributed by atoms with Crippen LogP contribution < -0.4 is 10.6 Å². The Morgan fingerprint density at radius 3 is 2.93 bits per heavy atom. The van der Waals surface area contributed by atoms with E-state index in [1.165, 1.54) is 25.8 Å². The normalized spacial score (nSPS) is 21.8. The van der Waals surface area contributed by atoms with Crippen LogP contribution in [0.3, 0.4) is 0 Å². The summed E-state index contributed by atoms with van der Waals surface area (Å²) in [6, 6.07) is 0.665. The van der Waals surface area contributed by atoms with Crippen LogP contribution in [0.2, 0.25) is 0 Å². The van der Waals surface area contributed by atoms with Crippen molar-refractivity contribution in [2.75, 3.05) is 46.6 Å². The second-order valence-electron chi connectivity index (χ2n) is 3.96. The van der Waals surface area contributed by atoms with Crippen LogP contribution in [0.1, 0.15) is 19.3 Å². The minimum Gasteiger partial charge on any atom is -0.382 e. The molecule has 1 heterocycles. The van der Waals surface area contributed by atoms with E-state index in [1.54, 1.807) is 7.11 Å². The Morgan fingerprint density at radius 1 is 1.27 bits per heavy atom. The Labute approximate surface area is 92.7 Å². The van der Waals surface area contributed by atoms with Gasteiger partial charge >= 0.3 is 0 Å². The molecule has 0 bridgehead atoms. The smallest absolute Gasteiger partial charge is 0.0700 e. The maximum absolute atomic E-state index is 5.36. The summed E-state index contributed by atoms with van der Waals surface area (Å²) < 4.78 is 10.2. The number of hydrogen-bond donors (Lipinski definition) is 2. The van der Waals surface area contributed by atoms with Gasteiger partial charge in [0.2, 0.25) is 0 Å². The van der Waals surface area contributed by atoms with Gasteiger partial charge < -0.3 is 20.1 Å². The van der Waals surface area contributed by atoms with Crippen LogP contribution in [-0.4, -0.2) is 52.6 Å². The second-order valence-corrected chi connectivity index (χ2v) is 3.96. The van der Waals surface area contributed by atoms with Crippen LogP contribution in [0.5, 0.6) is 0 Å². The van der Waals surface area contributed by atoms with E-state index in [0.29, 0.717) is 19.3 Å².